The highest BCUT2D eigenvalue weighted by atomic mass is 16.3. The highest BCUT2D eigenvalue weighted by molar-refractivity contribution is 5.95. The third kappa shape index (κ3) is 2.25. The molecule has 0 fully saturated rings. The summed E-state index contributed by atoms with van der Waals surface area (Å²) >= 11 is 0. The number of carbonyl (C=O) groups is 2. The molecule has 4 heteroatoms. The predicted molar refractivity (Wildman–Crippen MR) is 62.9 cm³/mol. The largest absolute Gasteiger partial charge is 0.453 e. The van der Waals surface area contributed by atoms with Crippen LogP contribution in [0.25, 0.3) is 11.3 Å². The lowest BCUT2D eigenvalue weighted by molar-refractivity contribution is 0.0962. The minimum absolute atomic E-state index is 0.158. The van der Waals surface area contributed by atoms with Crippen molar-refractivity contribution in [2.24, 2.45) is 0 Å². The Balaban J connectivity index is 2.39. The number of rotatable bonds is 3. The molecule has 4 nitrogen and oxygen atoms in total. The molecule has 0 spiro atoms. The van der Waals surface area contributed by atoms with Crippen LogP contribution in [0.2, 0.25) is 0 Å². The van der Waals surface area contributed by atoms with Crippen molar-refractivity contribution in [3.63, 3.8) is 0 Å². The maximum Gasteiger partial charge on any atom is 0.251 e. The van der Waals surface area contributed by atoms with Crippen molar-refractivity contribution < 1.29 is 14.0 Å². The van der Waals surface area contributed by atoms with Gasteiger partial charge in [-0.25, -0.2) is 0 Å². The molecule has 0 aliphatic carbocycles. The lowest BCUT2D eigenvalue weighted by atomic mass is 10.1. The molecular weight excluding hydrogens is 218 g/mol. The Morgan fingerprint density at radius 3 is 2.76 bits per heavy atom. The average Bonchev–Trinajstić information content (AvgIpc) is 2.86. The van der Waals surface area contributed by atoms with E-state index in [1.54, 1.807) is 37.4 Å². The molecule has 17 heavy (non-hydrogen) atoms. The van der Waals surface area contributed by atoms with Crippen LogP contribution in [0.15, 0.2) is 40.8 Å². The Morgan fingerprint density at radius 1 is 1.29 bits per heavy atom. The van der Waals surface area contributed by atoms with Crippen molar-refractivity contribution in [1.29, 1.82) is 0 Å². The van der Waals surface area contributed by atoms with Gasteiger partial charge in [-0.3, -0.25) is 9.59 Å². The van der Waals surface area contributed by atoms with Crippen molar-refractivity contribution in [3.05, 3.63) is 47.7 Å². The molecule has 0 aliphatic rings. The molecule has 0 radical (unpaired) electrons. The summed E-state index contributed by atoms with van der Waals surface area (Å²) in [5, 5.41) is 2.55. The van der Waals surface area contributed by atoms with Crippen LogP contribution >= 0.6 is 0 Å². The summed E-state index contributed by atoms with van der Waals surface area (Å²) in [7, 11) is 1.58. The van der Waals surface area contributed by atoms with Crippen LogP contribution in [0.4, 0.5) is 0 Å². The van der Waals surface area contributed by atoms with E-state index in [0.29, 0.717) is 17.6 Å². The topological polar surface area (TPSA) is 59.3 Å². The SMILES string of the molecule is CNC(=O)c1cccc(-c2ccc(C=O)o2)c1. The van der Waals surface area contributed by atoms with E-state index in [2.05, 4.69) is 5.32 Å². The van der Waals surface area contributed by atoms with Crippen LogP contribution < -0.4 is 5.32 Å². The molecule has 1 aromatic heterocycles. The van der Waals surface area contributed by atoms with Crippen molar-refractivity contribution in [3.8, 4) is 11.3 Å². The summed E-state index contributed by atoms with van der Waals surface area (Å²) in [5.74, 6) is 0.678. The zero-order chi connectivity index (χ0) is 12.3. The lowest BCUT2D eigenvalue weighted by Gasteiger charge is -2.01. The zero-order valence-corrected chi connectivity index (χ0v) is 9.27. The van der Waals surface area contributed by atoms with E-state index in [1.165, 1.54) is 0 Å². The van der Waals surface area contributed by atoms with Gasteiger partial charge in [-0.15, -0.1) is 0 Å². The molecule has 0 saturated carbocycles. The van der Waals surface area contributed by atoms with Gasteiger partial charge in [0.15, 0.2) is 12.0 Å². The Morgan fingerprint density at radius 2 is 2.12 bits per heavy atom. The van der Waals surface area contributed by atoms with Gasteiger partial charge in [0.1, 0.15) is 5.76 Å². The Kier molecular flexibility index (Phi) is 3.05. The summed E-state index contributed by atoms with van der Waals surface area (Å²) in [6.07, 6.45) is 0.645. The predicted octanol–water partition coefficient (Wildman–Crippen LogP) is 2.12. The first-order valence-electron chi connectivity index (χ1n) is 5.12. The van der Waals surface area contributed by atoms with Gasteiger partial charge in [0.2, 0.25) is 0 Å². The fraction of sp³-hybridized carbons (Fsp3) is 0.0769. The molecule has 1 heterocycles. The molecule has 1 N–H and O–H groups in total. The first-order valence-corrected chi connectivity index (χ1v) is 5.12. The van der Waals surface area contributed by atoms with E-state index in [-0.39, 0.29) is 11.7 Å². The third-order valence-electron chi connectivity index (χ3n) is 2.38. The maximum absolute atomic E-state index is 11.5. The van der Waals surface area contributed by atoms with Gasteiger partial charge in [-0.2, -0.15) is 0 Å². The standard InChI is InChI=1S/C13H11NO3/c1-14-13(16)10-4-2-3-9(7-10)12-6-5-11(8-15)17-12/h2-8H,1H3,(H,14,16). The van der Waals surface area contributed by atoms with Gasteiger partial charge >= 0.3 is 0 Å². The molecule has 0 aliphatic heterocycles. The summed E-state index contributed by atoms with van der Waals surface area (Å²) in [6, 6.07) is 10.3. The van der Waals surface area contributed by atoms with Crippen molar-refractivity contribution in [1.82, 2.24) is 5.32 Å². The monoisotopic (exact) mass is 229 g/mol. The smallest absolute Gasteiger partial charge is 0.251 e. The molecule has 2 rings (SSSR count). The molecule has 1 amide bonds. The highest BCUT2D eigenvalue weighted by Gasteiger charge is 2.07. The number of hydrogen-bond donors (Lipinski definition) is 1. The molecule has 0 atom stereocenters. The Hall–Kier alpha value is -2.36. The number of carbonyl (C=O) groups excluding carboxylic acids is 2. The van der Waals surface area contributed by atoms with Crippen LogP contribution in [0, 0.1) is 0 Å². The zero-order valence-electron chi connectivity index (χ0n) is 9.27. The van der Waals surface area contributed by atoms with E-state index >= 15 is 0 Å². The van der Waals surface area contributed by atoms with Crippen LogP contribution in [0.3, 0.4) is 0 Å². The van der Waals surface area contributed by atoms with E-state index in [9.17, 15) is 9.59 Å². The number of amides is 1. The van der Waals surface area contributed by atoms with E-state index in [0.717, 1.165) is 5.56 Å². The maximum atomic E-state index is 11.5. The van der Waals surface area contributed by atoms with Gasteiger partial charge in [0, 0.05) is 18.2 Å². The fourth-order valence-electron chi connectivity index (χ4n) is 1.53. The normalized spacial score (nSPS) is 9.94. The highest BCUT2D eigenvalue weighted by Crippen LogP contribution is 2.22. The quantitative estimate of drug-likeness (QED) is 0.820. The second kappa shape index (κ2) is 4.65. The number of aldehydes is 1. The summed E-state index contributed by atoms with van der Waals surface area (Å²) in [5.41, 5.74) is 1.31. The minimum Gasteiger partial charge on any atom is -0.453 e. The molecular formula is C13H11NO3. The summed E-state index contributed by atoms with van der Waals surface area (Å²) < 4.78 is 5.29. The number of hydrogen-bond acceptors (Lipinski definition) is 3. The number of nitrogens with one attached hydrogen (secondary N) is 1. The molecule has 86 valence electrons. The third-order valence-corrected chi connectivity index (χ3v) is 2.38. The Bertz CT molecular complexity index is 557. The van der Waals surface area contributed by atoms with Gasteiger partial charge < -0.3 is 9.73 Å². The Labute approximate surface area is 98.3 Å². The second-order valence-corrected chi connectivity index (χ2v) is 3.48. The first-order chi connectivity index (χ1) is 8.24. The summed E-state index contributed by atoms with van der Waals surface area (Å²) in [4.78, 5) is 22.0. The van der Waals surface area contributed by atoms with Crippen LogP contribution in [0.1, 0.15) is 20.9 Å². The number of furan rings is 1. The van der Waals surface area contributed by atoms with Gasteiger partial charge in [-0.05, 0) is 24.3 Å². The molecule has 0 unspecified atom stereocenters. The fourth-order valence-corrected chi connectivity index (χ4v) is 1.53. The van der Waals surface area contributed by atoms with E-state index < -0.39 is 0 Å². The van der Waals surface area contributed by atoms with Gasteiger partial charge in [-0.1, -0.05) is 12.1 Å². The minimum atomic E-state index is -0.158. The van der Waals surface area contributed by atoms with Crippen molar-refractivity contribution in [2.45, 2.75) is 0 Å². The average molecular weight is 229 g/mol. The summed E-state index contributed by atoms with van der Waals surface area (Å²) in [6.45, 7) is 0. The van der Waals surface area contributed by atoms with Crippen LogP contribution in [-0.4, -0.2) is 19.2 Å². The van der Waals surface area contributed by atoms with E-state index in [4.69, 9.17) is 4.42 Å². The van der Waals surface area contributed by atoms with Gasteiger partial charge in [0.05, 0.1) is 0 Å². The van der Waals surface area contributed by atoms with Crippen LogP contribution in [0.5, 0.6) is 0 Å². The van der Waals surface area contributed by atoms with Crippen molar-refractivity contribution >= 4 is 12.2 Å². The van der Waals surface area contributed by atoms with Crippen LogP contribution in [-0.2, 0) is 0 Å². The van der Waals surface area contributed by atoms with E-state index in [1.807, 2.05) is 6.07 Å². The molecule has 2 aromatic rings. The van der Waals surface area contributed by atoms with Crippen molar-refractivity contribution in [2.75, 3.05) is 7.05 Å². The molecule has 0 bridgehead atoms. The first kappa shape index (κ1) is 11.1. The number of benzene rings is 1. The second-order valence-electron chi connectivity index (χ2n) is 3.48. The molecule has 0 saturated heterocycles. The molecule has 1 aromatic carbocycles. The van der Waals surface area contributed by atoms with Gasteiger partial charge in [0.25, 0.3) is 5.91 Å². The lowest BCUT2D eigenvalue weighted by Crippen LogP contribution is -2.17.